The van der Waals surface area contributed by atoms with Crippen molar-refractivity contribution in [3.63, 3.8) is 0 Å². The van der Waals surface area contributed by atoms with Crippen LogP contribution in [-0.4, -0.2) is 21.5 Å². The molecule has 3 aromatic rings. The van der Waals surface area contributed by atoms with Crippen LogP contribution in [0.2, 0.25) is 5.02 Å². The zero-order chi connectivity index (χ0) is 21.0. The second kappa shape index (κ2) is 8.78. The molecule has 3 rings (SSSR count). The number of methoxy groups -OCH3 is 1. The van der Waals surface area contributed by atoms with Gasteiger partial charge in [-0.25, -0.2) is 13.2 Å². The third-order valence-corrected chi connectivity index (χ3v) is 6.31. The van der Waals surface area contributed by atoms with E-state index in [9.17, 15) is 13.2 Å². The lowest BCUT2D eigenvalue weighted by atomic mass is 9.96. The molecular weight excluding hydrogens is 410 g/mol. The zero-order valence-corrected chi connectivity index (χ0v) is 17.5. The van der Waals surface area contributed by atoms with E-state index in [2.05, 4.69) is 9.46 Å². The maximum absolute atomic E-state index is 13.2. The van der Waals surface area contributed by atoms with Gasteiger partial charge in [0.25, 0.3) is 0 Å². The molecule has 0 aliphatic carbocycles. The number of benzene rings is 3. The van der Waals surface area contributed by atoms with Gasteiger partial charge in [0.15, 0.2) is 0 Å². The summed E-state index contributed by atoms with van der Waals surface area (Å²) in [5, 5.41) is 0.120. The molecule has 0 aliphatic rings. The molecule has 0 fully saturated rings. The fourth-order valence-corrected chi connectivity index (χ4v) is 4.45. The van der Waals surface area contributed by atoms with E-state index in [1.54, 1.807) is 0 Å². The van der Waals surface area contributed by atoms with Crippen LogP contribution >= 0.6 is 11.6 Å². The summed E-state index contributed by atoms with van der Waals surface area (Å²) in [5.41, 5.74) is 2.58. The van der Waals surface area contributed by atoms with Crippen LogP contribution in [-0.2, 0) is 14.8 Å². The van der Waals surface area contributed by atoms with Crippen LogP contribution in [0.5, 0.6) is 0 Å². The molecule has 0 aromatic heterocycles. The number of carbonyl (C=O) groups is 1. The molecule has 5 nitrogen and oxygen atoms in total. The van der Waals surface area contributed by atoms with E-state index in [1.165, 1.54) is 25.3 Å². The Labute approximate surface area is 175 Å². The highest BCUT2D eigenvalue weighted by Gasteiger charge is 2.25. The standard InChI is InChI=1S/C22H20ClNO4S/c1-15-8-6-7-11-18(15)21(16-9-4-3-5-10-16)24-29(26,27)17-12-13-20(23)19(14-17)22(25)28-2/h3-14,21,24H,1-2H3/t21-/m0/s1. The Bertz CT molecular complexity index is 1130. The lowest BCUT2D eigenvalue weighted by molar-refractivity contribution is 0.0600. The van der Waals surface area contributed by atoms with Gasteiger partial charge >= 0.3 is 5.97 Å². The van der Waals surface area contributed by atoms with Crippen molar-refractivity contribution < 1.29 is 17.9 Å². The molecule has 0 bridgehead atoms. The van der Waals surface area contributed by atoms with Crippen LogP contribution in [0, 0.1) is 6.92 Å². The predicted molar refractivity (Wildman–Crippen MR) is 113 cm³/mol. The first-order chi connectivity index (χ1) is 13.8. The summed E-state index contributed by atoms with van der Waals surface area (Å²) in [6.45, 7) is 1.93. The predicted octanol–water partition coefficient (Wildman–Crippen LogP) is 4.50. The highest BCUT2D eigenvalue weighted by molar-refractivity contribution is 7.89. The molecule has 0 heterocycles. The lowest BCUT2D eigenvalue weighted by Crippen LogP contribution is -2.30. The van der Waals surface area contributed by atoms with Crippen molar-refractivity contribution in [2.75, 3.05) is 7.11 Å². The second-order valence-corrected chi connectivity index (χ2v) is 8.58. The average molecular weight is 430 g/mol. The van der Waals surface area contributed by atoms with Gasteiger partial charge in [0.1, 0.15) is 0 Å². The SMILES string of the molecule is COC(=O)c1cc(S(=O)(=O)N[C@@H](c2ccccc2)c2ccccc2C)ccc1Cl. The molecule has 3 aromatic carbocycles. The van der Waals surface area contributed by atoms with E-state index >= 15 is 0 Å². The Morgan fingerprint density at radius 3 is 2.31 bits per heavy atom. The van der Waals surface area contributed by atoms with Crippen molar-refractivity contribution in [3.05, 3.63) is 100 Å². The lowest BCUT2D eigenvalue weighted by Gasteiger charge is -2.22. The molecule has 1 N–H and O–H groups in total. The molecule has 29 heavy (non-hydrogen) atoms. The maximum Gasteiger partial charge on any atom is 0.339 e. The van der Waals surface area contributed by atoms with E-state index in [0.29, 0.717) is 0 Å². The fraction of sp³-hybridized carbons (Fsp3) is 0.136. The van der Waals surface area contributed by atoms with Gasteiger partial charge in [-0.1, -0.05) is 66.2 Å². The number of esters is 1. The second-order valence-electron chi connectivity index (χ2n) is 6.45. The fourth-order valence-electron chi connectivity index (χ4n) is 3.03. The van der Waals surface area contributed by atoms with Crippen LogP contribution in [0.1, 0.15) is 33.1 Å². The van der Waals surface area contributed by atoms with Crippen molar-refractivity contribution in [1.82, 2.24) is 4.72 Å². The number of hydrogen-bond acceptors (Lipinski definition) is 4. The van der Waals surface area contributed by atoms with Gasteiger partial charge in [0, 0.05) is 0 Å². The third-order valence-electron chi connectivity index (χ3n) is 4.56. The van der Waals surface area contributed by atoms with Crippen LogP contribution in [0.25, 0.3) is 0 Å². The molecule has 1 atom stereocenters. The summed E-state index contributed by atoms with van der Waals surface area (Å²) >= 11 is 6.02. The summed E-state index contributed by atoms with van der Waals surface area (Å²) in [6.07, 6.45) is 0. The van der Waals surface area contributed by atoms with Gasteiger partial charge in [-0.2, -0.15) is 4.72 Å². The van der Waals surface area contributed by atoms with Crippen molar-refractivity contribution in [3.8, 4) is 0 Å². The molecule has 0 amide bonds. The highest BCUT2D eigenvalue weighted by Crippen LogP contribution is 2.28. The molecule has 0 aliphatic heterocycles. The number of sulfonamides is 1. The van der Waals surface area contributed by atoms with Crippen LogP contribution in [0.3, 0.4) is 0 Å². The Morgan fingerprint density at radius 2 is 1.66 bits per heavy atom. The Morgan fingerprint density at radius 1 is 1.00 bits per heavy atom. The number of ether oxygens (including phenoxy) is 1. The summed E-state index contributed by atoms with van der Waals surface area (Å²) in [7, 11) is -2.76. The van der Waals surface area contributed by atoms with Crippen molar-refractivity contribution in [1.29, 1.82) is 0 Å². The maximum atomic E-state index is 13.2. The molecule has 0 saturated heterocycles. The molecule has 150 valence electrons. The van der Waals surface area contributed by atoms with Gasteiger partial charge < -0.3 is 4.74 Å². The number of nitrogens with one attached hydrogen (secondary N) is 1. The van der Waals surface area contributed by atoms with Crippen LogP contribution in [0.15, 0.2) is 77.7 Å². The minimum atomic E-state index is -3.97. The van der Waals surface area contributed by atoms with Crippen molar-refractivity contribution >= 4 is 27.6 Å². The normalized spacial score (nSPS) is 12.4. The molecule has 7 heteroatoms. The average Bonchev–Trinajstić information content (AvgIpc) is 2.73. The monoisotopic (exact) mass is 429 g/mol. The van der Waals surface area contributed by atoms with E-state index in [-0.39, 0.29) is 15.5 Å². The van der Waals surface area contributed by atoms with E-state index in [4.69, 9.17) is 11.6 Å². The first-order valence-corrected chi connectivity index (χ1v) is 10.7. The summed E-state index contributed by atoms with van der Waals surface area (Å²) in [5.74, 6) is -0.703. The quantitative estimate of drug-likeness (QED) is 0.585. The number of halogens is 1. The first-order valence-electron chi connectivity index (χ1n) is 8.84. The Hall–Kier alpha value is -2.67. The van der Waals surface area contributed by atoms with Gasteiger partial charge in [-0.15, -0.1) is 0 Å². The largest absolute Gasteiger partial charge is 0.465 e. The van der Waals surface area contributed by atoms with Gasteiger partial charge in [0.2, 0.25) is 10.0 Å². The van der Waals surface area contributed by atoms with Gasteiger partial charge in [0.05, 0.1) is 28.6 Å². The number of hydrogen-bond donors (Lipinski definition) is 1. The number of carbonyl (C=O) groups excluding carboxylic acids is 1. The van der Waals surface area contributed by atoms with Gasteiger partial charge in [-0.3, -0.25) is 0 Å². The van der Waals surface area contributed by atoms with Crippen molar-refractivity contribution in [2.24, 2.45) is 0 Å². The Balaban J connectivity index is 2.06. The molecular formula is C22H20ClNO4S. The zero-order valence-electron chi connectivity index (χ0n) is 15.9. The van der Waals surface area contributed by atoms with E-state index in [1.807, 2.05) is 61.5 Å². The third kappa shape index (κ3) is 4.67. The van der Waals surface area contributed by atoms with E-state index in [0.717, 1.165) is 16.7 Å². The molecule has 0 saturated carbocycles. The topological polar surface area (TPSA) is 72.5 Å². The molecule has 0 unspecified atom stereocenters. The van der Waals surface area contributed by atoms with Crippen LogP contribution < -0.4 is 4.72 Å². The summed E-state index contributed by atoms with van der Waals surface area (Å²) in [6, 6.07) is 20.2. The van der Waals surface area contributed by atoms with Crippen molar-refractivity contribution in [2.45, 2.75) is 17.9 Å². The highest BCUT2D eigenvalue weighted by atomic mass is 35.5. The minimum Gasteiger partial charge on any atom is -0.465 e. The summed E-state index contributed by atoms with van der Waals surface area (Å²) in [4.78, 5) is 11.8. The smallest absolute Gasteiger partial charge is 0.339 e. The Kier molecular flexibility index (Phi) is 6.37. The molecule has 0 radical (unpaired) electrons. The van der Waals surface area contributed by atoms with Gasteiger partial charge in [-0.05, 0) is 41.8 Å². The number of aryl methyl sites for hydroxylation is 1. The van der Waals surface area contributed by atoms with E-state index < -0.39 is 22.0 Å². The summed E-state index contributed by atoms with van der Waals surface area (Å²) < 4.78 is 33.8. The molecule has 0 spiro atoms. The van der Waals surface area contributed by atoms with Crippen LogP contribution in [0.4, 0.5) is 0 Å². The minimum absolute atomic E-state index is 0.0100. The number of rotatable bonds is 6. The first kappa shape index (κ1) is 21.0.